The number of hydrogen-bond donors (Lipinski definition) is 2. The molecule has 1 saturated heterocycles. The molecule has 1 aliphatic carbocycles. The lowest BCUT2D eigenvalue weighted by molar-refractivity contribution is 0.157. The van der Waals surface area contributed by atoms with E-state index in [1.54, 1.807) is 24.5 Å². The maximum atomic E-state index is 16.6. The normalized spacial score (nSPS) is 20.1. The molecule has 0 bridgehead atoms. The minimum absolute atomic E-state index is 0.134. The van der Waals surface area contributed by atoms with Gasteiger partial charge in [-0.05, 0) is 82.0 Å². The highest BCUT2D eigenvalue weighted by atomic mass is 35.5. The molecule has 2 aliphatic rings. The maximum absolute atomic E-state index is 16.6. The van der Waals surface area contributed by atoms with Gasteiger partial charge in [-0.1, -0.05) is 30.7 Å². The zero-order chi connectivity index (χ0) is 31.4. The lowest BCUT2D eigenvalue weighted by atomic mass is 9.98. The first-order chi connectivity index (χ1) is 21.9. The largest absolute Gasteiger partial charge is 0.463 e. The van der Waals surface area contributed by atoms with Gasteiger partial charge in [0.15, 0.2) is 12.2 Å². The number of ether oxygens (including phenoxy) is 1. The second kappa shape index (κ2) is 14.0. The zero-order valence-corrected chi connectivity index (χ0v) is 26.8. The summed E-state index contributed by atoms with van der Waals surface area (Å²) in [5.74, 6) is 1.35. The monoisotopic (exact) mass is 636 g/mol. The highest BCUT2D eigenvalue weighted by Crippen LogP contribution is 2.56. The number of pyridine rings is 1. The number of anilines is 1. The molecule has 4 aromatic rings. The molecule has 0 amide bonds. The molecule has 3 unspecified atom stereocenters. The summed E-state index contributed by atoms with van der Waals surface area (Å²) in [4.78, 5) is 20.1. The van der Waals surface area contributed by atoms with E-state index in [-0.39, 0.29) is 28.7 Å². The smallest absolute Gasteiger partial charge is 0.319 e. The van der Waals surface area contributed by atoms with Gasteiger partial charge in [-0.3, -0.25) is 4.98 Å². The van der Waals surface area contributed by atoms with E-state index >= 15 is 4.39 Å². The number of fused-ring (bicyclic) bond motifs is 2. The molecular weight excluding hydrogens is 595 g/mol. The third-order valence-electron chi connectivity index (χ3n) is 9.50. The van der Waals surface area contributed by atoms with Gasteiger partial charge in [0.1, 0.15) is 22.8 Å². The van der Waals surface area contributed by atoms with Crippen LogP contribution in [0.5, 0.6) is 6.01 Å². The number of oxazole rings is 1. The summed E-state index contributed by atoms with van der Waals surface area (Å²) < 4.78 is 28.4. The highest BCUT2D eigenvalue weighted by molar-refractivity contribution is 6.31. The Hall–Kier alpha value is -3.34. The summed E-state index contributed by atoms with van der Waals surface area (Å²) >= 11 is 6.65. The topological polar surface area (TPSA) is 109 Å². The summed E-state index contributed by atoms with van der Waals surface area (Å²) in [6, 6.07) is 5.61. The Morgan fingerprint density at radius 1 is 1.24 bits per heavy atom. The number of nitrogens with one attached hydrogen (secondary N) is 1. The first-order valence-corrected chi connectivity index (χ1v) is 16.5. The number of benzene rings is 1. The van der Waals surface area contributed by atoms with Gasteiger partial charge in [0.05, 0.1) is 24.3 Å². The van der Waals surface area contributed by atoms with E-state index in [4.69, 9.17) is 25.7 Å². The van der Waals surface area contributed by atoms with Crippen molar-refractivity contribution in [2.45, 2.75) is 70.8 Å². The van der Waals surface area contributed by atoms with Crippen molar-refractivity contribution in [1.82, 2.24) is 25.3 Å². The molecule has 9 nitrogen and oxygen atoms in total. The molecule has 1 aromatic carbocycles. The summed E-state index contributed by atoms with van der Waals surface area (Å²) in [5, 5.41) is 14.5. The standard InChI is InChI=1S/C34H42ClFN6O3/c1-3-23(43)8-4-5-15-42(2)32-27-19-39-30(26-9-6-10-28(35)25(26)12-11-24-18-38-21-45-24)29(36)31(27)40-33(41-32)44-20-34-13-7-14-37-17-22(34)16-34/h6,9-10,18-19,21-23,37,43H,3-5,7-8,11-17,20H2,1-2H3. The van der Waals surface area contributed by atoms with Crippen LogP contribution in [0.2, 0.25) is 5.02 Å². The first-order valence-electron chi connectivity index (χ1n) is 16.1. The van der Waals surface area contributed by atoms with E-state index in [2.05, 4.69) is 20.3 Å². The lowest BCUT2D eigenvalue weighted by Gasteiger charge is -2.22. The molecule has 240 valence electrons. The van der Waals surface area contributed by atoms with Gasteiger partial charge < -0.3 is 24.5 Å². The fourth-order valence-corrected chi connectivity index (χ4v) is 6.85. The fourth-order valence-electron chi connectivity index (χ4n) is 6.58. The summed E-state index contributed by atoms with van der Waals surface area (Å²) in [6.07, 6.45) is 12.1. The number of rotatable bonds is 14. The van der Waals surface area contributed by atoms with Gasteiger partial charge in [0.25, 0.3) is 0 Å². The summed E-state index contributed by atoms with van der Waals surface area (Å²) in [6.45, 7) is 5.22. The number of aromatic nitrogens is 4. The van der Waals surface area contributed by atoms with Crippen molar-refractivity contribution in [3.63, 3.8) is 0 Å². The van der Waals surface area contributed by atoms with Crippen LogP contribution in [-0.4, -0.2) is 64.4 Å². The molecule has 2 fully saturated rings. The van der Waals surface area contributed by atoms with Crippen molar-refractivity contribution in [3.8, 4) is 17.3 Å². The zero-order valence-electron chi connectivity index (χ0n) is 26.1. The van der Waals surface area contributed by atoms with E-state index < -0.39 is 5.82 Å². The minimum atomic E-state index is -0.537. The fraction of sp³-hybridized carbons (Fsp3) is 0.529. The quantitative estimate of drug-likeness (QED) is 0.152. The van der Waals surface area contributed by atoms with Crippen molar-refractivity contribution in [2.24, 2.45) is 11.3 Å². The Morgan fingerprint density at radius 3 is 2.96 bits per heavy atom. The van der Waals surface area contributed by atoms with E-state index in [1.165, 1.54) is 6.39 Å². The predicted octanol–water partition coefficient (Wildman–Crippen LogP) is 6.40. The highest BCUT2D eigenvalue weighted by Gasteiger charge is 2.54. The molecule has 3 atom stereocenters. The molecule has 2 N–H and O–H groups in total. The van der Waals surface area contributed by atoms with Crippen LogP contribution in [0.15, 0.2) is 41.4 Å². The van der Waals surface area contributed by atoms with Crippen LogP contribution < -0.4 is 15.0 Å². The van der Waals surface area contributed by atoms with E-state index in [0.717, 1.165) is 69.4 Å². The summed E-state index contributed by atoms with van der Waals surface area (Å²) in [5.41, 5.74) is 1.87. The number of unbranched alkanes of at least 4 members (excludes halogenated alkanes) is 1. The Morgan fingerprint density at radius 2 is 2.13 bits per heavy atom. The van der Waals surface area contributed by atoms with Crippen molar-refractivity contribution in [3.05, 3.63) is 59.1 Å². The Bertz CT molecular complexity index is 1600. The number of hydrogen-bond acceptors (Lipinski definition) is 9. The van der Waals surface area contributed by atoms with Gasteiger partial charge in [0.2, 0.25) is 0 Å². The van der Waals surface area contributed by atoms with Crippen molar-refractivity contribution < 1.29 is 18.7 Å². The van der Waals surface area contributed by atoms with E-state index in [1.807, 2.05) is 24.9 Å². The number of aliphatic hydroxyl groups excluding tert-OH is 1. The Balaban J connectivity index is 1.33. The second-order valence-corrected chi connectivity index (χ2v) is 13.0. The molecule has 3 aromatic heterocycles. The average Bonchev–Trinajstić information content (AvgIpc) is 3.54. The molecular formula is C34H42ClFN6O3. The Labute approximate surface area is 268 Å². The number of aryl methyl sites for hydroxylation is 1. The van der Waals surface area contributed by atoms with Crippen molar-refractivity contribution in [2.75, 3.05) is 38.2 Å². The van der Waals surface area contributed by atoms with Gasteiger partial charge >= 0.3 is 6.01 Å². The molecule has 0 radical (unpaired) electrons. The lowest BCUT2D eigenvalue weighted by Crippen LogP contribution is -2.22. The van der Waals surface area contributed by atoms with Crippen molar-refractivity contribution >= 4 is 28.3 Å². The van der Waals surface area contributed by atoms with Crippen LogP contribution in [0.4, 0.5) is 10.2 Å². The maximum Gasteiger partial charge on any atom is 0.319 e. The number of nitrogens with zero attached hydrogens (tertiary/aromatic N) is 5. The first kappa shape index (κ1) is 31.6. The van der Waals surface area contributed by atoms with Crippen LogP contribution in [0.1, 0.15) is 63.2 Å². The number of halogens is 2. The molecule has 6 rings (SSSR count). The third kappa shape index (κ3) is 7.08. The van der Waals surface area contributed by atoms with Crippen LogP contribution in [0, 0.1) is 17.2 Å². The molecule has 45 heavy (non-hydrogen) atoms. The molecule has 1 aliphatic heterocycles. The van der Waals surface area contributed by atoms with Crippen LogP contribution in [0.3, 0.4) is 0 Å². The van der Waals surface area contributed by atoms with Gasteiger partial charge in [-0.2, -0.15) is 9.97 Å². The van der Waals surface area contributed by atoms with Crippen LogP contribution in [0.25, 0.3) is 22.2 Å². The van der Waals surface area contributed by atoms with Gasteiger partial charge in [-0.15, -0.1) is 0 Å². The van der Waals surface area contributed by atoms with Crippen LogP contribution in [-0.2, 0) is 12.8 Å². The third-order valence-corrected chi connectivity index (χ3v) is 9.86. The molecule has 1 saturated carbocycles. The van der Waals surface area contributed by atoms with E-state index in [9.17, 15) is 5.11 Å². The molecule has 11 heteroatoms. The SMILES string of the molecule is CCC(O)CCCCN(C)c1nc(OCC23CCCNCC2C3)nc2c(F)c(-c3cccc(Cl)c3CCc3cnco3)ncc12. The minimum Gasteiger partial charge on any atom is -0.463 e. The molecule has 0 spiro atoms. The average molecular weight is 637 g/mol. The predicted molar refractivity (Wildman–Crippen MR) is 173 cm³/mol. The summed E-state index contributed by atoms with van der Waals surface area (Å²) in [7, 11) is 1.94. The number of aliphatic hydroxyl groups is 1. The van der Waals surface area contributed by atoms with Crippen LogP contribution >= 0.6 is 11.6 Å². The molecule has 4 heterocycles. The second-order valence-electron chi connectivity index (χ2n) is 12.6. The van der Waals surface area contributed by atoms with Gasteiger partial charge in [-0.25, -0.2) is 9.37 Å². The van der Waals surface area contributed by atoms with Crippen molar-refractivity contribution in [1.29, 1.82) is 0 Å². The van der Waals surface area contributed by atoms with Gasteiger partial charge in [0, 0.05) is 42.2 Å². The van der Waals surface area contributed by atoms with E-state index in [0.29, 0.717) is 53.7 Å². The Kier molecular flexibility index (Phi) is 9.82.